The Morgan fingerprint density at radius 2 is 1.79 bits per heavy atom. The van der Waals surface area contributed by atoms with Crippen LogP contribution in [0.3, 0.4) is 0 Å². The van der Waals surface area contributed by atoms with E-state index in [0.717, 1.165) is 0 Å². The van der Waals surface area contributed by atoms with Gasteiger partial charge in [-0.15, -0.1) is 0 Å². The molecule has 1 atom stereocenters. The second-order valence-corrected chi connectivity index (χ2v) is 5.33. The molecule has 0 spiro atoms. The highest BCUT2D eigenvalue weighted by Crippen LogP contribution is 2.28. The van der Waals surface area contributed by atoms with Gasteiger partial charge in [0, 0.05) is 0 Å². The molecular formula is C14H19F2NO2. The topological polar surface area (TPSA) is 52.3 Å². The molecule has 1 aromatic rings. The molecule has 5 heteroatoms. The van der Waals surface area contributed by atoms with Crippen molar-refractivity contribution in [2.24, 2.45) is 5.73 Å². The molecular weight excluding hydrogens is 252 g/mol. The van der Waals surface area contributed by atoms with Crippen LogP contribution in [0.15, 0.2) is 12.1 Å². The SMILES string of the molecule is CCOC(=O)C(N)c1c(F)cc(C(C)(C)C)cc1F. The van der Waals surface area contributed by atoms with Gasteiger partial charge in [0.15, 0.2) is 0 Å². The number of hydrogen-bond acceptors (Lipinski definition) is 3. The second kappa shape index (κ2) is 5.65. The summed E-state index contributed by atoms with van der Waals surface area (Å²) in [6.45, 7) is 7.22. The van der Waals surface area contributed by atoms with Crippen LogP contribution in [0.5, 0.6) is 0 Å². The van der Waals surface area contributed by atoms with Gasteiger partial charge in [0.05, 0.1) is 12.2 Å². The number of nitrogens with two attached hydrogens (primary N) is 1. The third-order valence-electron chi connectivity index (χ3n) is 2.80. The third-order valence-corrected chi connectivity index (χ3v) is 2.80. The maximum Gasteiger partial charge on any atom is 0.327 e. The van der Waals surface area contributed by atoms with Crippen molar-refractivity contribution in [3.05, 3.63) is 34.9 Å². The molecule has 3 nitrogen and oxygen atoms in total. The van der Waals surface area contributed by atoms with Gasteiger partial charge in [-0.3, -0.25) is 0 Å². The lowest BCUT2D eigenvalue weighted by Crippen LogP contribution is -2.26. The molecule has 0 heterocycles. The molecule has 0 radical (unpaired) electrons. The van der Waals surface area contributed by atoms with Gasteiger partial charge in [-0.1, -0.05) is 20.8 Å². The molecule has 106 valence electrons. The number of carbonyl (C=O) groups excluding carboxylic acids is 1. The van der Waals surface area contributed by atoms with Crippen LogP contribution >= 0.6 is 0 Å². The molecule has 0 amide bonds. The zero-order valence-corrected chi connectivity index (χ0v) is 11.6. The molecule has 0 bridgehead atoms. The number of hydrogen-bond donors (Lipinski definition) is 1. The Hall–Kier alpha value is -1.49. The van der Waals surface area contributed by atoms with Gasteiger partial charge in [0.2, 0.25) is 0 Å². The normalized spacial score (nSPS) is 13.2. The van der Waals surface area contributed by atoms with Gasteiger partial charge in [-0.25, -0.2) is 13.6 Å². The van der Waals surface area contributed by atoms with E-state index in [1.54, 1.807) is 6.92 Å². The first kappa shape index (κ1) is 15.6. The van der Waals surface area contributed by atoms with E-state index < -0.39 is 34.6 Å². The lowest BCUT2D eigenvalue weighted by atomic mass is 9.86. The molecule has 0 aliphatic carbocycles. The summed E-state index contributed by atoms with van der Waals surface area (Å²) in [5.74, 6) is -2.50. The zero-order valence-electron chi connectivity index (χ0n) is 11.6. The van der Waals surface area contributed by atoms with E-state index in [1.807, 2.05) is 20.8 Å². The van der Waals surface area contributed by atoms with Gasteiger partial charge in [-0.05, 0) is 30.0 Å². The molecule has 19 heavy (non-hydrogen) atoms. The maximum atomic E-state index is 14.0. The van der Waals surface area contributed by atoms with Gasteiger partial charge < -0.3 is 10.5 Å². The molecule has 0 fully saturated rings. The van der Waals surface area contributed by atoms with E-state index in [-0.39, 0.29) is 6.61 Å². The molecule has 1 rings (SSSR count). The molecule has 1 unspecified atom stereocenters. The Morgan fingerprint density at radius 1 is 1.32 bits per heavy atom. The van der Waals surface area contributed by atoms with E-state index in [9.17, 15) is 13.6 Å². The summed E-state index contributed by atoms with van der Waals surface area (Å²) in [7, 11) is 0. The van der Waals surface area contributed by atoms with Crippen LogP contribution < -0.4 is 5.73 Å². The van der Waals surface area contributed by atoms with Crippen LogP contribution in [0, 0.1) is 11.6 Å². The van der Waals surface area contributed by atoms with Crippen LogP contribution in [0.1, 0.15) is 44.9 Å². The largest absolute Gasteiger partial charge is 0.465 e. The van der Waals surface area contributed by atoms with Gasteiger partial charge >= 0.3 is 5.97 Å². The van der Waals surface area contributed by atoms with Gasteiger partial charge in [0.1, 0.15) is 17.7 Å². The number of rotatable bonds is 3. The van der Waals surface area contributed by atoms with Gasteiger partial charge in [0.25, 0.3) is 0 Å². The average Bonchev–Trinajstić information content (AvgIpc) is 2.26. The Bertz CT molecular complexity index is 458. The van der Waals surface area contributed by atoms with Crippen LogP contribution in [0.25, 0.3) is 0 Å². The van der Waals surface area contributed by atoms with Crippen LogP contribution in [-0.2, 0) is 14.9 Å². The minimum Gasteiger partial charge on any atom is -0.465 e. The summed E-state index contributed by atoms with van der Waals surface area (Å²) in [5.41, 5.74) is 5.19. The van der Waals surface area contributed by atoms with Crippen molar-refractivity contribution < 1.29 is 18.3 Å². The van der Waals surface area contributed by atoms with Crippen molar-refractivity contribution in [2.75, 3.05) is 6.61 Å². The van der Waals surface area contributed by atoms with E-state index >= 15 is 0 Å². The molecule has 0 saturated carbocycles. The van der Waals surface area contributed by atoms with Crippen molar-refractivity contribution >= 4 is 5.97 Å². The van der Waals surface area contributed by atoms with E-state index in [1.165, 1.54) is 12.1 Å². The molecule has 0 aromatic heterocycles. The highest BCUT2D eigenvalue weighted by atomic mass is 19.1. The van der Waals surface area contributed by atoms with Crippen molar-refractivity contribution in [1.29, 1.82) is 0 Å². The van der Waals surface area contributed by atoms with Crippen LogP contribution in [-0.4, -0.2) is 12.6 Å². The van der Waals surface area contributed by atoms with E-state index in [0.29, 0.717) is 5.56 Å². The van der Waals surface area contributed by atoms with E-state index in [2.05, 4.69) is 4.74 Å². The first-order valence-corrected chi connectivity index (χ1v) is 6.10. The van der Waals surface area contributed by atoms with Crippen LogP contribution in [0.4, 0.5) is 8.78 Å². The monoisotopic (exact) mass is 271 g/mol. The molecule has 0 aliphatic heterocycles. The Labute approximate surface area is 111 Å². The molecule has 0 aliphatic rings. The van der Waals surface area contributed by atoms with Crippen molar-refractivity contribution in [1.82, 2.24) is 0 Å². The fourth-order valence-corrected chi connectivity index (χ4v) is 1.66. The van der Waals surface area contributed by atoms with Gasteiger partial charge in [-0.2, -0.15) is 0 Å². The molecule has 0 saturated heterocycles. The number of esters is 1. The number of carbonyl (C=O) groups is 1. The minimum absolute atomic E-state index is 0.107. The first-order valence-electron chi connectivity index (χ1n) is 6.10. The van der Waals surface area contributed by atoms with Crippen molar-refractivity contribution in [3.8, 4) is 0 Å². The third kappa shape index (κ3) is 3.50. The summed E-state index contributed by atoms with van der Waals surface area (Å²) in [6, 6.07) is 0.962. The second-order valence-electron chi connectivity index (χ2n) is 5.33. The fraction of sp³-hybridized carbons (Fsp3) is 0.500. The predicted octanol–water partition coefficient (Wildman–Crippen LogP) is 2.83. The van der Waals surface area contributed by atoms with Crippen molar-refractivity contribution in [2.45, 2.75) is 39.2 Å². The minimum atomic E-state index is -1.45. The average molecular weight is 271 g/mol. The fourth-order valence-electron chi connectivity index (χ4n) is 1.66. The highest BCUT2D eigenvalue weighted by molar-refractivity contribution is 5.77. The Kier molecular flexibility index (Phi) is 4.63. The summed E-state index contributed by atoms with van der Waals surface area (Å²) in [4.78, 5) is 11.4. The predicted molar refractivity (Wildman–Crippen MR) is 68.6 cm³/mol. The number of benzene rings is 1. The highest BCUT2D eigenvalue weighted by Gasteiger charge is 2.27. The summed E-state index contributed by atoms with van der Waals surface area (Å²) >= 11 is 0. The summed E-state index contributed by atoms with van der Waals surface area (Å²) in [5, 5.41) is 0. The lowest BCUT2D eigenvalue weighted by Gasteiger charge is -2.21. The van der Waals surface area contributed by atoms with Crippen LogP contribution in [0.2, 0.25) is 0 Å². The maximum absolute atomic E-state index is 14.0. The van der Waals surface area contributed by atoms with Crippen molar-refractivity contribution in [3.63, 3.8) is 0 Å². The molecule has 2 N–H and O–H groups in total. The zero-order chi connectivity index (χ0) is 14.8. The molecule has 1 aromatic carbocycles. The standard InChI is InChI=1S/C14H19F2NO2/c1-5-19-13(18)12(17)11-9(15)6-8(7-10(11)16)14(2,3)4/h6-7,12H,5,17H2,1-4H3. The first-order chi connectivity index (χ1) is 8.68. The Morgan fingerprint density at radius 3 is 2.16 bits per heavy atom. The summed E-state index contributed by atoms with van der Waals surface area (Å²) in [6.07, 6.45) is 0. The number of ether oxygens (including phenoxy) is 1. The quantitative estimate of drug-likeness (QED) is 0.860. The van der Waals surface area contributed by atoms with E-state index in [4.69, 9.17) is 5.73 Å². The number of halogens is 2. The smallest absolute Gasteiger partial charge is 0.327 e. The lowest BCUT2D eigenvalue weighted by molar-refractivity contribution is -0.145. The Balaban J connectivity index is 3.21. The summed E-state index contributed by atoms with van der Waals surface area (Å²) < 4.78 is 32.6.